The zero-order valence-corrected chi connectivity index (χ0v) is 11.8. The van der Waals surface area contributed by atoms with Gasteiger partial charge in [0.2, 0.25) is 0 Å². The van der Waals surface area contributed by atoms with E-state index in [2.05, 4.69) is 4.90 Å². The lowest BCUT2D eigenvalue weighted by molar-refractivity contribution is 0.1000. The van der Waals surface area contributed by atoms with Crippen LogP contribution in [0.25, 0.3) is 0 Å². The van der Waals surface area contributed by atoms with Crippen LogP contribution in [0.3, 0.4) is 0 Å². The van der Waals surface area contributed by atoms with Gasteiger partial charge in [0.25, 0.3) is 5.91 Å². The maximum Gasteiger partial charge on any atom is 0.250 e. The average molecular weight is 279 g/mol. The first-order chi connectivity index (χ1) is 9.52. The van der Waals surface area contributed by atoms with E-state index in [9.17, 15) is 9.18 Å². The van der Waals surface area contributed by atoms with Crippen molar-refractivity contribution >= 4 is 11.6 Å². The predicted octanol–water partition coefficient (Wildman–Crippen LogP) is 2.02. The van der Waals surface area contributed by atoms with Crippen molar-refractivity contribution in [2.24, 2.45) is 11.5 Å². The summed E-state index contributed by atoms with van der Waals surface area (Å²) in [6, 6.07) is 4.85. The molecule has 0 heterocycles. The van der Waals surface area contributed by atoms with Gasteiger partial charge in [-0.05, 0) is 50.8 Å². The van der Waals surface area contributed by atoms with Crippen LogP contribution in [0.15, 0.2) is 18.2 Å². The maximum atomic E-state index is 13.3. The molecule has 0 radical (unpaired) electrons. The SMILES string of the molecule is CCN(c1ccc(F)cc1C(N)=O)C1CCC(N)CC1. The molecular formula is C15H22FN3O. The van der Waals surface area contributed by atoms with E-state index in [1.54, 1.807) is 6.07 Å². The minimum absolute atomic E-state index is 0.252. The first-order valence-electron chi connectivity index (χ1n) is 7.14. The quantitative estimate of drug-likeness (QED) is 0.885. The van der Waals surface area contributed by atoms with Crippen LogP contribution in [0, 0.1) is 5.82 Å². The van der Waals surface area contributed by atoms with E-state index in [4.69, 9.17) is 11.5 Å². The molecule has 1 saturated carbocycles. The van der Waals surface area contributed by atoms with Crippen LogP contribution >= 0.6 is 0 Å². The van der Waals surface area contributed by atoms with E-state index < -0.39 is 11.7 Å². The van der Waals surface area contributed by atoms with Gasteiger partial charge in [-0.3, -0.25) is 4.79 Å². The Morgan fingerprint density at radius 1 is 1.35 bits per heavy atom. The normalized spacial score (nSPS) is 22.6. The van der Waals surface area contributed by atoms with Crippen molar-refractivity contribution in [2.75, 3.05) is 11.4 Å². The zero-order valence-electron chi connectivity index (χ0n) is 11.8. The van der Waals surface area contributed by atoms with Crippen molar-refractivity contribution in [3.63, 3.8) is 0 Å². The van der Waals surface area contributed by atoms with Crippen LogP contribution in [0.4, 0.5) is 10.1 Å². The molecule has 20 heavy (non-hydrogen) atoms. The van der Waals surface area contributed by atoms with Crippen LogP contribution < -0.4 is 16.4 Å². The fourth-order valence-electron chi connectivity index (χ4n) is 2.99. The number of carbonyl (C=O) groups excluding carboxylic acids is 1. The highest BCUT2D eigenvalue weighted by molar-refractivity contribution is 5.98. The molecule has 0 unspecified atom stereocenters. The maximum absolute atomic E-state index is 13.3. The number of nitrogens with zero attached hydrogens (tertiary/aromatic N) is 1. The second-order valence-corrected chi connectivity index (χ2v) is 5.38. The first-order valence-corrected chi connectivity index (χ1v) is 7.14. The monoisotopic (exact) mass is 279 g/mol. The van der Waals surface area contributed by atoms with Crippen molar-refractivity contribution in [1.82, 2.24) is 0 Å². The molecule has 0 aliphatic heterocycles. The number of rotatable bonds is 4. The minimum Gasteiger partial charge on any atom is -0.368 e. The fourth-order valence-corrected chi connectivity index (χ4v) is 2.99. The van der Waals surface area contributed by atoms with Crippen LogP contribution in [0.1, 0.15) is 43.0 Å². The number of anilines is 1. The van der Waals surface area contributed by atoms with E-state index in [0.717, 1.165) is 37.9 Å². The molecule has 4 nitrogen and oxygen atoms in total. The highest BCUT2D eigenvalue weighted by Crippen LogP contribution is 2.29. The van der Waals surface area contributed by atoms with Gasteiger partial charge in [0.1, 0.15) is 5.82 Å². The molecule has 1 amide bonds. The third-order valence-electron chi connectivity index (χ3n) is 4.06. The van der Waals surface area contributed by atoms with Crippen LogP contribution in [-0.4, -0.2) is 24.5 Å². The van der Waals surface area contributed by atoms with E-state index in [0.29, 0.717) is 6.04 Å². The van der Waals surface area contributed by atoms with Crippen molar-refractivity contribution in [1.29, 1.82) is 0 Å². The second kappa shape index (κ2) is 6.22. The Hall–Kier alpha value is -1.62. The molecule has 0 spiro atoms. The molecule has 1 aliphatic rings. The molecule has 0 atom stereocenters. The van der Waals surface area contributed by atoms with Gasteiger partial charge in [-0.1, -0.05) is 0 Å². The van der Waals surface area contributed by atoms with Crippen LogP contribution in [-0.2, 0) is 0 Å². The van der Waals surface area contributed by atoms with Gasteiger partial charge in [-0.25, -0.2) is 4.39 Å². The number of carbonyl (C=O) groups is 1. The smallest absolute Gasteiger partial charge is 0.250 e. The summed E-state index contributed by atoms with van der Waals surface area (Å²) in [4.78, 5) is 13.7. The second-order valence-electron chi connectivity index (χ2n) is 5.38. The third kappa shape index (κ3) is 3.10. The topological polar surface area (TPSA) is 72.3 Å². The van der Waals surface area contributed by atoms with E-state index in [1.165, 1.54) is 12.1 Å². The highest BCUT2D eigenvalue weighted by atomic mass is 19.1. The Labute approximate surface area is 118 Å². The molecule has 1 fully saturated rings. The van der Waals surface area contributed by atoms with Crippen molar-refractivity contribution in [3.8, 4) is 0 Å². The van der Waals surface area contributed by atoms with Gasteiger partial charge in [-0.2, -0.15) is 0 Å². The van der Waals surface area contributed by atoms with Crippen molar-refractivity contribution < 1.29 is 9.18 Å². The van der Waals surface area contributed by atoms with Crippen molar-refractivity contribution in [3.05, 3.63) is 29.6 Å². The Morgan fingerprint density at radius 2 is 2.00 bits per heavy atom. The fraction of sp³-hybridized carbons (Fsp3) is 0.533. The summed E-state index contributed by atoms with van der Waals surface area (Å²) in [5.74, 6) is -1.03. The molecule has 0 bridgehead atoms. The molecule has 4 N–H and O–H groups in total. The van der Waals surface area contributed by atoms with Crippen molar-refractivity contribution in [2.45, 2.75) is 44.7 Å². The summed E-state index contributed by atoms with van der Waals surface area (Å²) in [5.41, 5.74) is 12.3. The standard InChI is InChI=1S/C15H22FN3O/c1-2-19(12-6-4-11(17)5-7-12)14-8-3-10(16)9-13(14)15(18)20/h3,8-9,11-12H,2,4-7,17H2,1H3,(H2,18,20). The van der Waals surface area contributed by atoms with Gasteiger partial charge < -0.3 is 16.4 Å². The predicted molar refractivity (Wildman–Crippen MR) is 78.2 cm³/mol. The number of halogens is 1. The van der Waals surface area contributed by atoms with Gasteiger partial charge in [0, 0.05) is 24.3 Å². The summed E-state index contributed by atoms with van der Waals surface area (Å²) in [5, 5.41) is 0. The number of benzene rings is 1. The zero-order chi connectivity index (χ0) is 14.7. The lowest BCUT2D eigenvalue weighted by Gasteiger charge is -2.37. The van der Waals surface area contributed by atoms with Gasteiger partial charge >= 0.3 is 0 Å². The lowest BCUT2D eigenvalue weighted by Crippen LogP contribution is -2.41. The molecule has 110 valence electrons. The number of hydrogen-bond donors (Lipinski definition) is 2. The molecular weight excluding hydrogens is 257 g/mol. The first kappa shape index (κ1) is 14.8. The summed E-state index contributed by atoms with van der Waals surface area (Å²) in [7, 11) is 0. The van der Waals surface area contributed by atoms with E-state index in [1.807, 2.05) is 6.92 Å². The third-order valence-corrected chi connectivity index (χ3v) is 4.06. The molecule has 1 aromatic carbocycles. The molecule has 2 rings (SSSR count). The molecule has 1 aromatic rings. The van der Waals surface area contributed by atoms with Crippen LogP contribution in [0.5, 0.6) is 0 Å². The largest absolute Gasteiger partial charge is 0.368 e. The number of primary amides is 1. The molecule has 5 heteroatoms. The lowest BCUT2D eigenvalue weighted by atomic mass is 9.90. The number of hydrogen-bond acceptors (Lipinski definition) is 3. The average Bonchev–Trinajstić information content (AvgIpc) is 2.43. The summed E-state index contributed by atoms with van der Waals surface area (Å²) in [6.07, 6.45) is 3.94. The molecule has 1 aliphatic carbocycles. The summed E-state index contributed by atoms with van der Waals surface area (Å²) < 4.78 is 13.3. The Morgan fingerprint density at radius 3 is 2.55 bits per heavy atom. The number of amides is 1. The van der Waals surface area contributed by atoms with Gasteiger partial charge in [-0.15, -0.1) is 0 Å². The highest BCUT2D eigenvalue weighted by Gasteiger charge is 2.26. The Bertz CT molecular complexity index is 484. The molecule has 0 saturated heterocycles. The van der Waals surface area contributed by atoms with E-state index in [-0.39, 0.29) is 11.6 Å². The Balaban J connectivity index is 2.29. The summed E-state index contributed by atoms with van der Waals surface area (Å²) in [6.45, 7) is 2.79. The van der Waals surface area contributed by atoms with Gasteiger partial charge in [0.05, 0.1) is 5.56 Å². The summed E-state index contributed by atoms with van der Waals surface area (Å²) >= 11 is 0. The van der Waals surface area contributed by atoms with E-state index >= 15 is 0 Å². The minimum atomic E-state index is -0.592. The van der Waals surface area contributed by atoms with Gasteiger partial charge in [0.15, 0.2) is 0 Å². The Kier molecular flexibility index (Phi) is 4.60. The van der Waals surface area contributed by atoms with Crippen LogP contribution in [0.2, 0.25) is 0 Å². The molecule has 0 aromatic heterocycles. The number of nitrogens with two attached hydrogens (primary N) is 2.